The average Bonchev–Trinajstić information content (AvgIpc) is 3.18. The molecule has 1 aromatic carbocycles. The van der Waals surface area contributed by atoms with Gasteiger partial charge in [0.2, 0.25) is 11.8 Å². The van der Waals surface area contributed by atoms with E-state index in [1.54, 1.807) is 6.07 Å². The van der Waals surface area contributed by atoms with Gasteiger partial charge < -0.3 is 10.6 Å². The molecule has 0 spiro atoms. The molecule has 3 rings (SSSR count). The molecular weight excluding hydrogens is 426 g/mol. The van der Waals surface area contributed by atoms with Crippen LogP contribution in [0.1, 0.15) is 23.8 Å². The van der Waals surface area contributed by atoms with Crippen molar-refractivity contribution in [3.8, 4) is 0 Å². The highest BCUT2D eigenvalue weighted by molar-refractivity contribution is 7.18. The molecule has 2 aromatic heterocycles. The van der Waals surface area contributed by atoms with E-state index >= 15 is 0 Å². The molecule has 2 heterocycles. The summed E-state index contributed by atoms with van der Waals surface area (Å²) >= 11 is 1.44. The maximum atomic E-state index is 12.5. The number of carbonyl (C=O) groups is 2. The van der Waals surface area contributed by atoms with Crippen molar-refractivity contribution in [2.24, 2.45) is 0 Å². The van der Waals surface area contributed by atoms with Crippen molar-refractivity contribution in [3.05, 3.63) is 63.5 Å². The van der Waals surface area contributed by atoms with Gasteiger partial charge in [-0.15, -0.1) is 11.3 Å². The molecule has 3 aromatic rings. The molecule has 2 amide bonds. The predicted octanol–water partition coefficient (Wildman–Crippen LogP) is 1.91. The summed E-state index contributed by atoms with van der Waals surface area (Å²) in [6.45, 7) is 6.96. The molecule has 0 radical (unpaired) electrons. The number of amides is 2. The Hall–Kier alpha value is -3.04. The van der Waals surface area contributed by atoms with Crippen molar-refractivity contribution in [1.82, 2.24) is 25.1 Å². The summed E-state index contributed by atoms with van der Waals surface area (Å²) < 4.78 is 1.26. The number of hydrogen-bond acceptors (Lipinski definition) is 6. The van der Waals surface area contributed by atoms with E-state index in [1.807, 2.05) is 25.1 Å². The van der Waals surface area contributed by atoms with Gasteiger partial charge in [0, 0.05) is 24.5 Å². The topological polar surface area (TPSA) is 96.3 Å². The summed E-state index contributed by atoms with van der Waals surface area (Å²) in [5.41, 5.74) is 1.01. The van der Waals surface area contributed by atoms with Gasteiger partial charge in [-0.05, 0) is 31.5 Å². The molecule has 0 atom stereocenters. The minimum atomic E-state index is -0.407. The molecule has 0 unspecified atom stereocenters. The molecule has 0 saturated heterocycles. The molecule has 0 saturated carbocycles. The number of carbonyl (C=O) groups excluding carboxylic acids is 2. The van der Waals surface area contributed by atoms with Gasteiger partial charge in [0.1, 0.15) is 11.4 Å². The van der Waals surface area contributed by atoms with Crippen molar-refractivity contribution < 1.29 is 9.59 Å². The SMILES string of the molecule is CCN(CCCNC(=O)CNC(=O)Cn1cnc2sc(C)cc2c1=O)Cc1ccccc1. The lowest BCUT2D eigenvalue weighted by molar-refractivity contribution is -0.126. The highest BCUT2D eigenvalue weighted by Crippen LogP contribution is 2.19. The number of nitrogens with one attached hydrogen (secondary N) is 2. The van der Waals surface area contributed by atoms with E-state index < -0.39 is 5.91 Å². The fourth-order valence-electron chi connectivity index (χ4n) is 3.37. The van der Waals surface area contributed by atoms with E-state index in [4.69, 9.17) is 0 Å². The first-order chi connectivity index (χ1) is 15.5. The van der Waals surface area contributed by atoms with Crippen LogP contribution < -0.4 is 16.2 Å². The average molecular weight is 456 g/mol. The van der Waals surface area contributed by atoms with E-state index in [-0.39, 0.29) is 24.6 Å². The van der Waals surface area contributed by atoms with Crippen molar-refractivity contribution in [2.75, 3.05) is 26.2 Å². The van der Waals surface area contributed by atoms with E-state index in [0.717, 1.165) is 30.9 Å². The van der Waals surface area contributed by atoms with Crippen LogP contribution in [-0.4, -0.2) is 52.4 Å². The Morgan fingerprint density at radius 3 is 2.69 bits per heavy atom. The standard InChI is InChI=1S/C23H29N5O3S/c1-3-27(14-18-8-5-4-6-9-18)11-7-10-24-20(29)13-25-21(30)15-28-16-26-22-19(23(28)31)12-17(2)32-22/h4-6,8-9,12,16H,3,7,10-11,13-15H2,1-2H3,(H,24,29)(H,25,30). The molecule has 0 fully saturated rings. The first-order valence-corrected chi connectivity index (χ1v) is 11.5. The smallest absolute Gasteiger partial charge is 0.262 e. The molecule has 0 bridgehead atoms. The van der Waals surface area contributed by atoms with Crippen LogP contribution in [0.2, 0.25) is 0 Å². The van der Waals surface area contributed by atoms with Gasteiger partial charge in [0.05, 0.1) is 18.3 Å². The number of aromatic nitrogens is 2. The largest absolute Gasteiger partial charge is 0.355 e. The second-order valence-corrected chi connectivity index (χ2v) is 8.82. The minimum absolute atomic E-state index is 0.123. The zero-order chi connectivity index (χ0) is 22.9. The number of rotatable bonds is 11. The fourth-order valence-corrected chi connectivity index (χ4v) is 4.20. The monoisotopic (exact) mass is 455 g/mol. The molecule has 0 aliphatic heterocycles. The molecule has 0 aliphatic carbocycles. The molecule has 170 valence electrons. The Morgan fingerprint density at radius 1 is 1.16 bits per heavy atom. The van der Waals surface area contributed by atoms with Gasteiger partial charge in [-0.25, -0.2) is 4.98 Å². The van der Waals surface area contributed by atoms with Gasteiger partial charge in [0.25, 0.3) is 5.56 Å². The van der Waals surface area contributed by atoms with Gasteiger partial charge in [-0.3, -0.25) is 23.9 Å². The summed E-state index contributed by atoms with van der Waals surface area (Å²) in [5, 5.41) is 5.89. The quantitative estimate of drug-likeness (QED) is 0.431. The maximum Gasteiger partial charge on any atom is 0.262 e. The van der Waals surface area contributed by atoms with Crippen LogP contribution in [0.25, 0.3) is 10.2 Å². The van der Waals surface area contributed by atoms with E-state index in [9.17, 15) is 14.4 Å². The Kier molecular flexibility index (Phi) is 8.52. The Balaban J connectivity index is 1.36. The number of hydrogen-bond donors (Lipinski definition) is 2. The number of fused-ring (bicyclic) bond motifs is 1. The molecule has 8 nitrogen and oxygen atoms in total. The fraction of sp³-hybridized carbons (Fsp3) is 0.391. The lowest BCUT2D eigenvalue weighted by Crippen LogP contribution is -2.40. The van der Waals surface area contributed by atoms with Crippen LogP contribution in [0.3, 0.4) is 0 Å². The third-order valence-electron chi connectivity index (χ3n) is 5.07. The van der Waals surface area contributed by atoms with Crippen LogP contribution in [0, 0.1) is 6.92 Å². The summed E-state index contributed by atoms with van der Waals surface area (Å²) in [6.07, 6.45) is 2.19. The highest BCUT2D eigenvalue weighted by Gasteiger charge is 2.11. The lowest BCUT2D eigenvalue weighted by atomic mass is 10.2. The number of nitrogens with zero attached hydrogens (tertiary/aromatic N) is 3. The Labute approximate surface area is 191 Å². The summed E-state index contributed by atoms with van der Waals surface area (Å²) in [5.74, 6) is -0.658. The second-order valence-electron chi connectivity index (χ2n) is 7.59. The van der Waals surface area contributed by atoms with E-state index in [1.165, 1.54) is 27.8 Å². The maximum absolute atomic E-state index is 12.5. The van der Waals surface area contributed by atoms with Crippen molar-refractivity contribution in [1.29, 1.82) is 0 Å². The molecule has 9 heteroatoms. The molecule has 2 N–H and O–H groups in total. The number of thiophene rings is 1. The molecule has 0 aliphatic rings. The minimum Gasteiger partial charge on any atom is -0.355 e. The lowest BCUT2D eigenvalue weighted by Gasteiger charge is -2.20. The van der Waals surface area contributed by atoms with Crippen LogP contribution in [0.15, 0.2) is 47.5 Å². The van der Waals surface area contributed by atoms with Crippen LogP contribution in [-0.2, 0) is 22.7 Å². The second kappa shape index (κ2) is 11.5. The Bertz CT molecular complexity index is 1110. The normalized spacial score (nSPS) is 11.1. The van der Waals surface area contributed by atoms with Gasteiger partial charge in [0.15, 0.2) is 0 Å². The predicted molar refractivity (Wildman–Crippen MR) is 127 cm³/mol. The van der Waals surface area contributed by atoms with E-state index in [0.29, 0.717) is 16.8 Å². The zero-order valence-corrected chi connectivity index (χ0v) is 19.3. The first-order valence-electron chi connectivity index (χ1n) is 10.7. The van der Waals surface area contributed by atoms with Crippen molar-refractivity contribution >= 4 is 33.4 Å². The highest BCUT2D eigenvalue weighted by atomic mass is 32.1. The number of aryl methyl sites for hydroxylation is 1. The zero-order valence-electron chi connectivity index (χ0n) is 18.5. The van der Waals surface area contributed by atoms with Crippen LogP contribution in [0.5, 0.6) is 0 Å². The van der Waals surface area contributed by atoms with Gasteiger partial charge in [-0.2, -0.15) is 0 Å². The summed E-state index contributed by atoms with van der Waals surface area (Å²) in [4.78, 5) is 44.8. The number of benzene rings is 1. The van der Waals surface area contributed by atoms with Crippen LogP contribution >= 0.6 is 11.3 Å². The molecular formula is C23H29N5O3S. The van der Waals surface area contributed by atoms with Crippen LogP contribution in [0.4, 0.5) is 0 Å². The first kappa shape index (κ1) is 23.6. The third-order valence-corrected chi connectivity index (χ3v) is 6.03. The summed E-state index contributed by atoms with van der Waals surface area (Å²) in [7, 11) is 0. The summed E-state index contributed by atoms with van der Waals surface area (Å²) in [6, 6.07) is 12.1. The molecule has 32 heavy (non-hydrogen) atoms. The van der Waals surface area contributed by atoms with Crippen molar-refractivity contribution in [2.45, 2.75) is 33.4 Å². The third kappa shape index (κ3) is 6.73. The van der Waals surface area contributed by atoms with Gasteiger partial charge >= 0.3 is 0 Å². The van der Waals surface area contributed by atoms with Crippen molar-refractivity contribution in [3.63, 3.8) is 0 Å². The van der Waals surface area contributed by atoms with Gasteiger partial charge in [-0.1, -0.05) is 37.3 Å². The Morgan fingerprint density at radius 2 is 1.94 bits per heavy atom. The van der Waals surface area contributed by atoms with E-state index in [2.05, 4.69) is 39.6 Å².